The van der Waals surface area contributed by atoms with Crippen molar-refractivity contribution >= 4 is 82.5 Å². The molecule has 0 amide bonds. The summed E-state index contributed by atoms with van der Waals surface area (Å²) in [6.07, 6.45) is 0. The van der Waals surface area contributed by atoms with E-state index in [1.807, 2.05) is 12.1 Å². The summed E-state index contributed by atoms with van der Waals surface area (Å²) >= 11 is 0. The molecule has 0 aliphatic rings. The Hall–Kier alpha value is -6.32. The van der Waals surface area contributed by atoms with Gasteiger partial charge in [-0.1, -0.05) is 103 Å². The molecular formula is C44H27NO2. The van der Waals surface area contributed by atoms with Crippen molar-refractivity contribution in [1.29, 1.82) is 0 Å². The molecule has 8 aromatic carbocycles. The smallest absolute Gasteiger partial charge is 0.137 e. The maximum Gasteiger partial charge on any atom is 0.137 e. The largest absolute Gasteiger partial charge is 0.456 e. The van der Waals surface area contributed by atoms with Crippen molar-refractivity contribution in [3.05, 3.63) is 164 Å². The van der Waals surface area contributed by atoms with Gasteiger partial charge in [0.2, 0.25) is 0 Å². The number of hydrogen-bond acceptors (Lipinski definition) is 3. The highest BCUT2D eigenvalue weighted by Crippen LogP contribution is 2.42. The van der Waals surface area contributed by atoms with E-state index in [1.165, 1.54) is 27.3 Å². The molecule has 2 heterocycles. The first-order chi connectivity index (χ1) is 23.3. The van der Waals surface area contributed by atoms with Gasteiger partial charge in [0, 0.05) is 44.7 Å². The Kier molecular flexibility index (Phi) is 5.57. The second kappa shape index (κ2) is 10.1. The lowest BCUT2D eigenvalue weighted by atomic mass is 10.0. The lowest BCUT2D eigenvalue weighted by molar-refractivity contribution is 0.669. The van der Waals surface area contributed by atoms with Gasteiger partial charge in [-0.15, -0.1) is 0 Å². The molecule has 0 N–H and O–H groups in total. The minimum atomic E-state index is 0.868. The predicted molar refractivity (Wildman–Crippen MR) is 196 cm³/mol. The average Bonchev–Trinajstić information content (AvgIpc) is 3.71. The SMILES string of the molecule is c1ccc(-c2ccc(N(c3ccc4c(ccc5oc6ccccc6c54)c3)c3ccc4c(c3)oc3ccc5ccccc5c34)cc2)cc1. The van der Waals surface area contributed by atoms with E-state index < -0.39 is 0 Å². The number of rotatable bonds is 4. The van der Waals surface area contributed by atoms with E-state index >= 15 is 0 Å². The van der Waals surface area contributed by atoms with E-state index in [0.29, 0.717) is 0 Å². The van der Waals surface area contributed by atoms with Crippen LogP contribution in [0.5, 0.6) is 0 Å². The maximum absolute atomic E-state index is 6.51. The molecule has 0 fully saturated rings. The molecule has 10 rings (SSSR count). The van der Waals surface area contributed by atoms with Crippen molar-refractivity contribution in [1.82, 2.24) is 0 Å². The van der Waals surface area contributed by atoms with Crippen molar-refractivity contribution in [3.63, 3.8) is 0 Å². The first kappa shape index (κ1) is 26.0. The summed E-state index contributed by atoms with van der Waals surface area (Å²) in [7, 11) is 0. The Morgan fingerprint density at radius 2 is 0.872 bits per heavy atom. The molecule has 2 aromatic heterocycles. The minimum Gasteiger partial charge on any atom is -0.456 e. The van der Waals surface area contributed by atoms with Gasteiger partial charge in [0.15, 0.2) is 0 Å². The number of fused-ring (bicyclic) bond motifs is 10. The molecule has 0 bridgehead atoms. The van der Waals surface area contributed by atoms with Gasteiger partial charge in [-0.2, -0.15) is 0 Å². The molecule has 0 saturated heterocycles. The van der Waals surface area contributed by atoms with E-state index in [2.05, 4.69) is 157 Å². The predicted octanol–water partition coefficient (Wildman–Crippen LogP) is 12.9. The van der Waals surface area contributed by atoms with E-state index in [4.69, 9.17) is 8.83 Å². The number of anilines is 3. The molecule has 0 saturated carbocycles. The van der Waals surface area contributed by atoms with Gasteiger partial charge < -0.3 is 13.7 Å². The molecule has 3 heteroatoms. The van der Waals surface area contributed by atoms with Gasteiger partial charge in [0.05, 0.1) is 0 Å². The second-order valence-electron chi connectivity index (χ2n) is 12.1. The zero-order valence-electron chi connectivity index (χ0n) is 25.4. The Labute approximate surface area is 270 Å². The fraction of sp³-hybridized carbons (Fsp3) is 0. The van der Waals surface area contributed by atoms with Crippen LogP contribution in [-0.2, 0) is 0 Å². The van der Waals surface area contributed by atoms with Crippen molar-refractivity contribution in [3.8, 4) is 11.1 Å². The molecule has 0 aliphatic carbocycles. The van der Waals surface area contributed by atoms with Crippen LogP contribution in [0.3, 0.4) is 0 Å². The van der Waals surface area contributed by atoms with Crippen LogP contribution in [0.1, 0.15) is 0 Å². The molecule has 3 nitrogen and oxygen atoms in total. The van der Waals surface area contributed by atoms with Crippen LogP contribution in [0.25, 0.3) is 76.5 Å². The molecule has 0 unspecified atom stereocenters. The topological polar surface area (TPSA) is 29.5 Å². The third kappa shape index (κ3) is 4.07. The van der Waals surface area contributed by atoms with Crippen LogP contribution < -0.4 is 4.90 Å². The van der Waals surface area contributed by atoms with Crippen molar-refractivity contribution in [2.75, 3.05) is 4.90 Å². The van der Waals surface area contributed by atoms with Gasteiger partial charge in [-0.3, -0.25) is 0 Å². The lowest BCUT2D eigenvalue weighted by Gasteiger charge is -2.26. The number of nitrogens with zero attached hydrogens (tertiary/aromatic N) is 1. The van der Waals surface area contributed by atoms with Crippen molar-refractivity contribution < 1.29 is 8.83 Å². The van der Waals surface area contributed by atoms with Gasteiger partial charge in [-0.25, -0.2) is 0 Å². The summed E-state index contributed by atoms with van der Waals surface area (Å²) in [5.41, 5.74) is 9.13. The number of benzene rings is 8. The summed E-state index contributed by atoms with van der Waals surface area (Å²) in [5, 5.41) is 9.31. The second-order valence-corrected chi connectivity index (χ2v) is 12.1. The standard InChI is InChI=1S/C44H27NO2/c1-2-8-28(9-3-1)29-14-18-32(19-15-29)45(33-20-22-36-31(26-33)17-25-40-44(36)37-12-6-7-13-39(37)46-40)34-21-23-38-42(27-34)47-41-24-16-30-10-4-5-11-35(30)43(38)41/h1-27H. The van der Waals surface area contributed by atoms with Crippen LogP contribution in [0.15, 0.2) is 173 Å². The average molecular weight is 602 g/mol. The van der Waals surface area contributed by atoms with E-state index in [9.17, 15) is 0 Å². The highest BCUT2D eigenvalue weighted by atomic mass is 16.3. The normalized spacial score (nSPS) is 11.8. The highest BCUT2D eigenvalue weighted by Gasteiger charge is 2.18. The van der Waals surface area contributed by atoms with Crippen LogP contribution in [0, 0.1) is 0 Å². The Balaban J connectivity index is 1.17. The summed E-state index contributed by atoms with van der Waals surface area (Å²) in [4.78, 5) is 2.32. The lowest BCUT2D eigenvalue weighted by Crippen LogP contribution is -2.09. The molecule has 0 radical (unpaired) electrons. The van der Waals surface area contributed by atoms with E-state index in [1.54, 1.807) is 0 Å². The third-order valence-electron chi connectivity index (χ3n) is 9.44. The molecule has 0 atom stereocenters. The molecular weight excluding hydrogens is 574 g/mol. The summed E-state index contributed by atoms with van der Waals surface area (Å²) in [6.45, 7) is 0. The molecule has 47 heavy (non-hydrogen) atoms. The van der Waals surface area contributed by atoms with Crippen LogP contribution in [-0.4, -0.2) is 0 Å². The number of furan rings is 2. The molecule has 220 valence electrons. The van der Waals surface area contributed by atoms with Gasteiger partial charge in [0.1, 0.15) is 22.3 Å². The van der Waals surface area contributed by atoms with Crippen LogP contribution >= 0.6 is 0 Å². The van der Waals surface area contributed by atoms with E-state index in [0.717, 1.165) is 66.3 Å². The summed E-state index contributed by atoms with van der Waals surface area (Å²) in [5.74, 6) is 0. The Morgan fingerprint density at radius 3 is 1.68 bits per heavy atom. The van der Waals surface area contributed by atoms with Gasteiger partial charge in [-0.05, 0) is 87.3 Å². The fourth-order valence-electron chi connectivity index (χ4n) is 7.23. The minimum absolute atomic E-state index is 0.868. The van der Waals surface area contributed by atoms with Crippen molar-refractivity contribution in [2.24, 2.45) is 0 Å². The van der Waals surface area contributed by atoms with Gasteiger partial charge >= 0.3 is 0 Å². The summed E-state index contributed by atoms with van der Waals surface area (Å²) < 4.78 is 12.7. The Morgan fingerprint density at radius 1 is 0.319 bits per heavy atom. The van der Waals surface area contributed by atoms with Crippen LogP contribution in [0.4, 0.5) is 17.1 Å². The molecule has 10 aromatic rings. The molecule has 0 aliphatic heterocycles. The Bertz CT molecular complexity index is 2770. The monoisotopic (exact) mass is 601 g/mol. The van der Waals surface area contributed by atoms with Gasteiger partial charge in [0.25, 0.3) is 0 Å². The van der Waals surface area contributed by atoms with E-state index in [-0.39, 0.29) is 0 Å². The zero-order valence-corrected chi connectivity index (χ0v) is 25.4. The number of hydrogen-bond donors (Lipinski definition) is 0. The fourth-order valence-corrected chi connectivity index (χ4v) is 7.23. The zero-order chi connectivity index (χ0) is 30.9. The quantitative estimate of drug-likeness (QED) is 0.201. The third-order valence-corrected chi connectivity index (χ3v) is 9.44. The van der Waals surface area contributed by atoms with Crippen molar-refractivity contribution in [2.45, 2.75) is 0 Å². The summed E-state index contributed by atoms with van der Waals surface area (Å²) in [6, 6.07) is 57.9. The first-order valence-electron chi connectivity index (χ1n) is 15.9. The number of para-hydroxylation sites is 1. The molecule has 0 spiro atoms. The maximum atomic E-state index is 6.51. The first-order valence-corrected chi connectivity index (χ1v) is 15.9. The van der Waals surface area contributed by atoms with Crippen LogP contribution in [0.2, 0.25) is 0 Å². The highest BCUT2D eigenvalue weighted by molar-refractivity contribution is 6.20.